The number of terminal acetylenes is 1. The minimum absolute atomic E-state index is 0.00841. The monoisotopic (exact) mass is 305 g/mol. The van der Waals surface area contributed by atoms with Crippen LogP contribution in [0.1, 0.15) is 6.42 Å². The van der Waals surface area contributed by atoms with Gasteiger partial charge in [-0.3, -0.25) is 0 Å². The van der Waals surface area contributed by atoms with Crippen LogP contribution >= 0.6 is 15.9 Å². The Bertz CT molecular complexity index is 522. The van der Waals surface area contributed by atoms with E-state index in [4.69, 9.17) is 6.42 Å². The molecule has 0 aliphatic carbocycles. The highest BCUT2D eigenvalue weighted by Gasteiger charge is 2.16. The summed E-state index contributed by atoms with van der Waals surface area (Å²) in [7, 11) is -3.64. The van der Waals surface area contributed by atoms with Gasteiger partial charge in [0.2, 0.25) is 10.0 Å². The summed E-state index contributed by atoms with van der Waals surface area (Å²) >= 11 is 2.99. The lowest BCUT2D eigenvalue weighted by atomic mass is 10.3. The van der Waals surface area contributed by atoms with Crippen molar-refractivity contribution in [1.82, 2.24) is 4.72 Å². The van der Waals surface area contributed by atoms with E-state index in [1.165, 1.54) is 6.07 Å². The molecule has 0 aliphatic rings. The molecule has 0 radical (unpaired) electrons. The number of benzene rings is 1. The summed E-state index contributed by atoms with van der Waals surface area (Å²) in [6.07, 6.45) is 5.31. The van der Waals surface area contributed by atoms with Gasteiger partial charge in [-0.15, -0.1) is 12.3 Å². The van der Waals surface area contributed by atoms with Gasteiger partial charge in [-0.2, -0.15) is 0 Å². The maximum atomic E-state index is 12.8. The molecule has 0 bridgehead atoms. The molecule has 0 saturated carbocycles. The average molecular weight is 306 g/mol. The second-order valence-electron chi connectivity index (χ2n) is 2.93. The highest BCUT2D eigenvalue weighted by atomic mass is 79.9. The van der Waals surface area contributed by atoms with E-state index >= 15 is 0 Å². The molecule has 1 rings (SSSR count). The van der Waals surface area contributed by atoms with Crippen molar-refractivity contribution < 1.29 is 12.8 Å². The van der Waals surface area contributed by atoms with Crippen LogP contribution in [0.25, 0.3) is 0 Å². The predicted molar refractivity (Wildman–Crippen MR) is 62.7 cm³/mol. The second-order valence-corrected chi connectivity index (χ2v) is 5.52. The minimum Gasteiger partial charge on any atom is -0.210 e. The van der Waals surface area contributed by atoms with Crippen molar-refractivity contribution >= 4 is 26.0 Å². The van der Waals surface area contributed by atoms with Gasteiger partial charge in [0.1, 0.15) is 5.82 Å². The largest absolute Gasteiger partial charge is 0.241 e. The van der Waals surface area contributed by atoms with E-state index in [0.29, 0.717) is 6.42 Å². The molecule has 0 unspecified atom stereocenters. The second kappa shape index (κ2) is 5.43. The lowest BCUT2D eigenvalue weighted by Gasteiger charge is -2.07. The summed E-state index contributed by atoms with van der Waals surface area (Å²) in [5.74, 6) is 1.81. The quantitative estimate of drug-likeness (QED) is 0.682. The Morgan fingerprint density at radius 2 is 2.19 bits per heavy atom. The van der Waals surface area contributed by atoms with Gasteiger partial charge in [-0.1, -0.05) is 0 Å². The third-order valence-electron chi connectivity index (χ3n) is 1.74. The summed E-state index contributed by atoms with van der Waals surface area (Å²) in [6, 6.07) is 3.37. The Morgan fingerprint density at radius 3 is 2.75 bits per heavy atom. The fourth-order valence-electron chi connectivity index (χ4n) is 1.03. The third kappa shape index (κ3) is 3.30. The van der Waals surface area contributed by atoms with Gasteiger partial charge in [-0.05, 0) is 34.1 Å². The standard InChI is InChI=1S/C10H9BrFNO2S/c1-2-3-6-13-16(14,15)10-5-4-8(12)7-9(10)11/h1,4-5,7,13H,3,6H2. The Morgan fingerprint density at radius 1 is 1.50 bits per heavy atom. The lowest BCUT2D eigenvalue weighted by Crippen LogP contribution is -2.24. The SMILES string of the molecule is C#CCCNS(=O)(=O)c1ccc(F)cc1Br. The van der Waals surface area contributed by atoms with Crippen LogP contribution in [0.5, 0.6) is 0 Å². The van der Waals surface area contributed by atoms with Gasteiger partial charge in [0, 0.05) is 17.4 Å². The fourth-order valence-corrected chi connectivity index (χ4v) is 3.11. The molecule has 16 heavy (non-hydrogen) atoms. The molecule has 6 heteroatoms. The molecule has 1 aromatic rings. The average Bonchev–Trinajstić information content (AvgIpc) is 2.17. The van der Waals surface area contributed by atoms with Crippen molar-refractivity contribution in [2.24, 2.45) is 0 Å². The number of rotatable bonds is 4. The molecule has 0 aliphatic heterocycles. The highest BCUT2D eigenvalue weighted by Crippen LogP contribution is 2.22. The Kier molecular flexibility index (Phi) is 4.47. The van der Waals surface area contributed by atoms with Gasteiger partial charge in [0.05, 0.1) is 4.90 Å². The number of sulfonamides is 1. The van der Waals surface area contributed by atoms with Gasteiger partial charge in [0.15, 0.2) is 0 Å². The van der Waals surface area contributed by atoms with E-state index in [1.807, 2.05) is 0 Å². The van der Waals surface area contributed by atoms with Gasteiger partial charge in [-0.25, -0.2) is 17.5 Å². The Labute approximate surface area is 102 Å². The van der Waals surface area contributed by atoms with Crippen molar-refractivity contribution in [3.63, 3.8) is 0 Å². The molecule has 0 atom stereocenters. The molecular formula is C10H9BrFNO2S. The first-order valence-corrected chi connectivity index (χ1v) is 6.63. The van der Waals surface area contributed by atoms with Crippen LogP contribution in [0.2, 0.25) is 0 Å². The van der Waals surface area contributed by atoms with E-state index in [0.717, 1.165) is 12.1 Å². The summed E-state index contributed by atoms with van der Waals surface area (Å²) in [5.41, 5.74) is 0. The first kappa shape index (κ1) is 13.2. The number of hydrogen-bond acceptors (Lipinski definition) is 2. The molecule has 0 amide bonds. The van der Waals surface area contributed by atoms with Crippen LogP contribution in [0.3, 0.4) is 0 Å². The van der Waals surface area contributed by atoms with E-state index < -0.39 is 15.8 Å². The highest BCUT2D eigenvalue weighted by molar-refractivity contribution is 9.10. The summed E-state index contributed by atoms with van der Waals surface area (Å²) < 4.78 is 38.7. The van der Waals surface area contributed by atoms with Crippen molar-refractivity contribution in [1.29, 1.82) is 0 Å². The number of nitrogens with one attached hydrogen (secondary N) is 1. The maximum absolute atomic E-state index is 12.8. The first-order chi connectivity index (χ1) is 7.47. The van der Waals surface area contributed by atoms with Crippen LogP contribution < -0.4 is 4.72 Å². The molecule has 0 fully saturated rings. The molecule has 0 heterocycles. The van der Waals surface area contributed by atoms with E-state index in [-0.39, 0.29) is 15.9 Å². The first-order valence-electron chi connectivity index (χ1n) is 4.35. The molecule has 1 aromatic carbocycles. The smallest absolute Gasteiger partial charge is 0.210 e. The maximum Gasteiger partial charge on any atom is 0.241 e. The van der Waals surface area contributed by atoms with E-state index in [1.54, 1.807) is 0 Å². The molecular weight excluding hydrogens is 297 g/mol. The molecule has 0 saturated heterocycles. The summed E-state index contributed by atoms with van der Waals surface area (Å²) in [5, 5.41) is 0. The van der Waals surface area contributed by atoms with Crippen molar-refractivity contribution in [3.8, 4) is 12.3 Å². The third-order valence-corrected chi connectivity index (χ3v) is 4.18. The fraction of sp³-hybridized carbons (Fsp3) is 0.200. The van der Waals surface area contributed by atoms with Gasteiger partial charge >= 0.3 is 0 Å². The van der Waals surface area contributed by atoms with Gasteiger partial charge in [0.25, 0.3) is 0 Å². The predicted octanol–water partition coefficient (Wildman–Crippen LogP) is 1.89. The van der Waals surface area contributed by atoms with E-state index in [9.17, 15) is 12.8 Å². The van der Waals surface area contributed by atoms with E-state index in [2.05, 4.69) is 26.6 Å². The summed E-state index contributed by atoms with van der Waals surface area (Å²) in [6.45, 7) is 0.155. The van der Waals surface area contributed by atoms with Crippen molar-refractivity contribution in [2.75, 3.05) is 6.54 Å². The number of hydrogen-bond donors (Lipinski definition) is 1. The van der Waals surface area contributed by atoms with Crippen molar-refractivity contribution in [3.05, 3.63) is 28.5 Å². The summed E-state index contributed by atoms with van der Waals surface area (Å²) in [4.78, 5) is -0.00841. The van der Waals surface area contributed by atoms with Crippen LogP contribution in [0.15, 0.2) is 27.6 Å². The Balaban J connectivity index is 2.95. The molecule has 0 aromatic heterocycles. The van der Waals surface area contributed by atoms with Crippen LogP contribution in [-0.2, 0) is 10.0 Å². The van der Waals surface area contributed by atoms with Gasteiger partial charge < -0.3 is 0 Å². The zero-order valence-corrected chi connectivity index (χ0v) is 10.6. The molecule has 3 nitrogen and oxygen atoms in total. The van der Waals surface area contributed by atoms with Crippen molar-refractivity contribution in [2.45, 2.75) is 11.3 Å². The topological polar surface area (TPSA) is 46.2 Å². The van der Waals surface area contributed by atoms with Crippen LogP contribution in [0.4, 0.5) is 4.39 Å². The zero-order chi connectivity index (χ0) is 12.2. The van der Waals surface area contributed by atoms with Crippen LogP contribution in [0, 0.1) is 18.2 Å². The molecule has 0 spiro atoms. The zero-order valence-electron chi connectivity index (χ0n) is 8.20. The Hall–Kier alpha value is -0.900. The molecule has 86 valence electrons. The minimum atomic E-state index is -3.64. The van der Waals surface area contributed by atoms with Crippen LogP contribution in [-0.4, -0.2) is 15.0 Å². The normalized spacial score (nSPS) is 11.1. The lowest BCUT2D eigenvalue weighted by molar-refractivity contribution is 0.581. The number of halogens is 2. The molecule has 1 N–H and O–H groups in total.